The molecule has 2 rings (SSSR count). The molecule has 0 bridgehead atoms. The third-order valence-corrected chi connectivity index (χ3v) is 4.65. The first-order valence-electron chi connectivity index (χ1n) is 6.96. The lowest BCUT2D eigenvalue weighted by atomic mass is 10.2. The van der Waals surface area contributed by atoms with E-state index in [-0.39, 0.29) is 22.6 Å². The van der Waals surface area contributed by atoms with Crippen molar-refractivity contribution in [2.24, 2.45) is 0 Å². The van der Waals surface area contributed by atoms with Gasteiger partial charge in [0.2, 0.25) is 15.7 Å². The van der Waals surface area contributed by atoms with Gasteiger partial charge < -0.3 is 4.90 Å². The lowest BCUT2D eigenvalue weighted by Gasteiger charge is -2.16. The molecule has 0 saturated carbocycles. The fraction of sp³-hybridized carbons (Fsp3) is 0.357. The number of aromatic nitrogens is 3. The number of sulfone groups is 1. The molecule has 2 aromatic rings. The number of aromatic amines is 1. The van der Waals surface area contributed by atoms with E-state index in [0.29, 0.717) is 18.7 Å². The molecule has 0 aliphatic rings. The molecule has 1 aromatic heterocycles. The molecule has 0 radical (unpaired) electrons. The Morgan fingerprint density at radius 1 is 1.18 bits per heavy atom. The number of hydrogen-bond acceptors (Lipinski definition) is 5. The SMILES string of the molecule is CCN(CC)C(=O)c1nc(S(=O)(=O)Cc2ccccc2)n[nH]1. The van der Waals surface area contributed by atoms with E-state index in [9.17, 15) is 13.2 Å². The molecule has 1 heterocycles. The van der Waals surface area contributed by atoms with Crippen LogP contribution in [0.2, 0.25) is 0 Å². The van der Waals surface area contributed by atoms with Crippen LogP contribution >= 0.6 is 0 Å². The summed E-state index contributed by atoms with van der Waals surface area (Å²) in [5, 5.41) is 5.74. The molecule has 118 valence electrons. The van der Waals surface area contributed by atoms with Gasteiger partial charge in [-0.15, -0.1) is 5.10 Å². The maximum atomic E-state index is 12.3. The Balaban J connectivity index is 2.22. The summed E-state index contributed by atoms with van der Waals surface area (Å²) in [4.78, 5) is 17.5. The van der Waals surface area contributed by atoms with Crippen LogP contribution in [0.4, 0.5) is 0 Å². The second-order valence-corrected chi connectivity index (χ2v) is 6.57. The molecule has 22 heavy (non-hydrogen) atoms. The maximum Gasteiger partial charge on any atom is 0.291 e. The smallest absolute Gasteiger partial charge is 0.291 e. The van der Waals surface area contributed by atoms with Crippen LogP contribution in [0.25, 0.3) is 0 Å². The second-order valence-electron chi connectivity index (χ2n) is 4.69. The van der Waals surface area contributed by atoms with Gasteiger partial charge in [0.15, 0.2) is 0 Å². The average Bonchev–Trinajstić information content (AvgIpc) is 2.99. The zero-order valence-electron chi connectivity index (χ0n) is 12.5. The zero-order valence-corrected chi connectivity index (χ0v) is 13.3. The summed E-state index contributed by atoms with van der Waals surface area (Å²) in [6.07, 6.45) is 0. The van der Waals surface area contributed by atoms with Crippen molar-refractivity contribution in [3.05, 3.63) is 41.7 Å². The van der Waals surface area contributed by atoms with Gasteiger partial charge >= 0.3 is 0 Å². The Bertz CT molecular complexity index is 736. The largest absolute Gasteiger partial charge is 0.337 e. The topological polar surface area (TPSA) is 96.0 Å². The summed E-state index contributed by atoms with van der Waals surface area (Å²) in [7, 11) is -3.69. The molecule has 1 amide bonds. The van der Waals surface area contributed by atoms with Crippen molar-refractivity contribution in [2.45, 2.75) is 24.8 Å². The van der Waals surface area contributed by atoms with Gasteiger partial charge in [-0.1, -0.05) is 30.3 Å². The molecule has 0 atom stereocenters. The molecule has 0 aliphatic carbocycles. The van der Waals surface area contributed by atoms with Crippen molar-refractivity contribution in [2.75, 3.05) is 13.1 Å². The van der Waals surface area contributed by atoms with Gasteiger partial charge in [-0.2, -0.15) is 4.98 Å². The Kier molecular flexibility index (Phi) is 4.92. The van der Waals surface area contributed by atoms with Crippen LogP contribution < -0.4 is 0 Å². The number of benzene rings is 1. The van der Waals surface area contributed by atoms with Gasteiger partial charge in [0, 0.05) is 13.1 Å². The van der Waals surface area contributed by atoms with Crippen LogP contribution in [-0.2, 0) is 15.6 Å². The second kappa shape index (κ2) is 6.69. The maximum absolute atomic E-state index is 12.3. The third kappa shape index (κ3) is 3.51. The third-order valence-electron chi connectivity index (χ3n) is 3.20. The van der Waals surface area contributed by atoms with Crippen LogP contribution in [0.5, 0.6) is 0 Å². The molecule has 7 nitrogen and oxygen atoms in total. The normalized spacial score (nSPS) is 11.4. The minimum atomic E-state index is -3.69. The molecule has 1 N–H and O–H groups in total. The summed E-state index contributed by atoms with van der Waals surface area (Å²) in [6, 6.07) is 8.76. The Morgan fingerprint density at radius 2 is 1.82 bits per heavy atom. The quantitative estimate of drug-likeness (QED) is 0.863. The summed E-state index contributed by atoms with van der Waals surface area (Å²) in [6.45, 7) is 4.71. The van der Waals surface area contributed by atoms with E-state index in [2.05, 4.69) is 15.2 Å². The number of amides is 1. The molecule has 0 unspecified atom stereocenters. The number of carbonyl (C=O) groups is 1. The number of H-pyrrole nitrogens is 1. The number of rotatable bonds is 6. The molecule has 1 aromatic carbocycles. The van der Waals surface area contributed by atoms with E-state index >= 15 is 0 Å². The van der Waals surface area contributed by atoms with E-state index in [1.54, 1.807) is 24.3 Å². The highest BCUT2D eigenvalue weighted by atomic mass is 32.2. The first kappa shape index (κ1) is 16.2. The molecule has 0 saturated heterocycles. The van der Waals surface area contributed by atoms with E-state index in [4.69, 9.17) is 0 Å². The van der Waals surface area contributed by atoms with Crippen LogP contribution in [0.3, 0.4) is 0 Å². The monoisotopic (exact) mass is 322 g/mol. The minimum absolute atomic E-state index is 0.0599. The van der Waals surface area contributed by atoms with E-state index in [1.165, 1.54) is 4.90 Å². The molecule has 0 spiro atoms. The number of nitrogens with zero attached hydrogens (tertiary/aromatic N) is 3. The fourth-order valence-corrected chi connectivity index (χ4v) is 3.18. The highest BCUT2D eigenvalue weighted by Gasteiger charge is 2.24. The molecular formula is C14H18N4O3S. The fourth-order valence-electron chi connectivity index (χ4n) is 2.00. The van der Waals surface area contributed by atoms with Gasteiger partial charge in [0.25, 0.3) is 11.1 Å². The van der Waals surface area contributed by atoms with Gasteiger partial charge in [-0.3, -0.25) is 9.89 Å². The minimum Gasteiger partial charge on any atom is -0.337 e. The Morgan fingerprint density at radius 3 is 2.41 bits per heavy atom. The molecular weight excluding hydrogens is 304 g/mol. The van der Waals surface area contributed by atoms with Crippen molar-refractivity contribution < 1.29 is 13.2 Å². The van der Waals surface area contributed by atoms with Gasteiger partial charge in [-0.25, -0.2) is 8.42 Å². The van der Waals surface area contributed by atoms with Crippen molar-refractivity contribution >= 4 is 15.7 Å². The van der Waals surface area contributed by atoms with E-state index < -0.39 is 9.84 Å². The average molecular weight is 322 g/mol. The van der Waals surface area contributed by atoms with Gasteiger partial charge in [-0.05, 0) is 19.4 Å². The van der Waals surface area contributed by atoms with Crippen molar-refractivity contribution in [1.82, 2.24) is 20.1 Å². The first-order chi connectivity index (χ1) is 10.5. The first-order valence-corrected chi connectivity index (χ1v) is 8.61. The van der Waals surface area contributed by atoms with Crippen molar-refractivity contribution in [1.29, 1.82) is 0 Å². The summed E-state index contributed by atoms with van der Waals surface area (Å²) < 4.78 is 24.6. The van der Waals surface area contributed by atoms with Crippen LogP contribution in [0.15, 0.2) is 35.5 Å². The standard InChI is InChI=1S/C14H18N4O3S/c1-3-18(4-2)13(19)12-15-14(17-16-12)22(20,21)10-11-8-6-5-7-9-11/h5-9H,3-4,10H2,1-2H3,(H,15,16,17). The van der Waals surface area contributed by atoms with Gasteiger partial charge in [0.05, 0.1) is 5.75 Å². The predicted molar refractivity (Wildman–Crippen MR) is 81.0 cm³/mol. The number of nitrogens with one attached hydrogen (secondary N) is 1. The lowest BCUT2D eigenvalue weighted by molar-refractivity contribution is 0.0761. The van der Waals surface area contributed by atoms with E-state index in [1.807, 2.05) is 19.9 Å². The number of hydrogen-bond donors (Lipinski definition) is 1. The summed E-state index contributed by atoms with van der Waals surface area (Å²) in [5.41, 5.74) is 0.643. The zero-order chi connectivity index (χ0) is 16.2. The highest BCUT2D eigenvalue weighted by Crippen LogP contribution is 2.13. The van der Waals surface area contributed by atoms with Crippen molar-refractivity contribution in [3.8, 4) is 0 Å². The molecule has 8 heteroatoms. The number of carbonyl (C=O) groups excluding carboxylic acids is 1. The summed E-state index contributed by atoms with van der Waals surface area (Å²) >= 11 is 0. The molecule has 0 fully saturated rings. The molecule has 0 aliphatic heterocycles. The van der Waals surface area contributed by atoms with Crippen LogP contribution in [-0.4, -0.2) is 47.5 Å². The Labute approximate surface area is 129 Å². The highest BCUT2D eigenvalue weighted by molar-refractivity contribution is 7.90. The summed E-state index contributed by atoms with van der Waals surface area (Å²) in [5.74, 6) is -0.626. The van der Waals surface area contributed by atoms with Gasteiger partial charge in [0.1, 0.15) is 0 Å². The lowest BCUT2D eigenvalue weighted by Crippen LogP contribution is -2.31. The Hall–Kier alpha value is -2.22. The van der Waals surface area contributed by atoms with Crippen LogP contribution in [0.1, 0.15) is 30.0 Å². The van der Waals surface area contributed by atoms with Crippen molar-refractivity contribution in [3.63, 3.8) is 0 Å². The predicted octanol–water partition coefficient (Wildman–Crippen LogP) is 1.26. The van der Waals surface area contributed by atoms with E-state index in [0.717, 1.165) is 0 Å². The van der Waals surface area contributed by atoms with Crippen LogP contribution in [0, 0.1) is 0 Å².